The molecular formula is C23H18ClN3O2. The van der Waals surface area contributed by atoms with Gasteiger partial charge in [0.15, 0.2) is 0 Å². The maximum Gasteiger partial charge on any atom is 0.313 e. The number of halogens is 1. The molecule has 6 heteroatoms. The summed E-state index contributed by atoms with van der Waals surface area (Å²) in [5, 5.41) is 6.86. The van der Waals surface area contributed by atoms with Crippen LogP contribution in [0.1, 0.15) is 5.56 Å². The standard InChI is InChI=1S/C23H18ClN3O2/c24-17-12-10-15(11-13-17)14-25-22(28)23(29)27-21-18-8-4-5-9-19(18)26-20(21)16-6-2-1-3-7-16/h1-13,26H,14H2,(H,25,28)(H,27,29). The van der Waals surface area contributed by atoms with Crippen molar-refractivity contribution in [1.29, 1.82) is 0 Å². The molecule has 0 aliphatic rings. The van der Waals surface area contributed by atoms with Crippen molar-refractivity contribution in [3.63, 3.8) is 0 Å². The molecule has 0 fully saturated rings. The number of fused-ring (bicyclic) bond motifs is 1. The van der Waals surface area contributed by atoms with Gasteiger partial charge in [0.05, 0.1) is 11.4 Å². The lowest BCUT2D eigenvalue weighted by Crippen LogP contribution is -2.35. The van der Waals surface area contributed by atoms with Crippen LogP contribution in [0.4, 0.5) is 5.69 Å². The normalized spacial score (nSPS) is 10.7. The molecule has 2 amide bonds. The number of H-pyrrole nitrogens is 1. The quantitative estimate of drug-likeness (QED) is 0.430. The first-order chi connectivity index (χ1) is 14.1. The highest BCUT2D eigenvalue weighted by molar-refractivity contribution is 6.40. The first-order valence-electron chi connectivity index (χ1n) is 9.11. The predicted molar refractivity (Wildman–Crippen MR) is 116 cm³/mol. The van der Waals surface area contributed by atoms with Gasteiger partial charge in [-0.2, -0.15) is 0 Å². The van der Waals surface area contributed by atoms with E-state index in [1.54, 1.807) is 24.3 Å². The summed E-state index contributed by atoms with van der Waals surface area (Å²) in [6.45, 7) is 0.239. The van der Waals surface area contributed by atoms with Crippen LogP contribution < -0.4 is 10.6 Å². The lowest BCUT2D eigenvalue weighted by Gasteiger charge is -2.09. The van der Waals surface area contributed by atoms with E-state index in [1.165, 1.54) is 0 Å². The molecule has 0 unspecified atom stereocenters. The van der Waals surface area contributed by atoms with Gasteiger partial charge < -0.3 is 15.6 Å². The van der Waals surface area contributed by atoms with Crippen LogP contribution >= 0.6 is 11.6 Å². The van der Waals surface area contributed by atoms with Crippen LogP contribution in [0.15, 0.2) is 78.9 Å². The number of hydrogen-bond acceptors (Lipinski definition) is 2. The molecule has 1 aromatic heterocycles. The number of benzene rings is 3. The number of aromatic nitrogens is 1. The van der Waals surface area contributed by atoms with Gasteiger partial charge in [0.2, 0.25) is 0 Å². The molecule has 0 spiro atoms. The van der Waals surface area contributed by atoms with Crippen LogP contribution in [-0.4, -0.2) is 16.8 Å². The van der Waals surface area contributed by atoms with Crippen molar-refractivity contribution in [1.82, 2.24) is 10.3 Å². The second-order valence-corrected chi connectivity index (χ2v) is 6.99. The van der Waals surface area contributed by atoms with Gasteiger partial charge >= 0.3 is 11.8 Å². The fourth-order valence-electron chi connectivity index (χ4n) is 3.13. The highest BCUT2D eigenvalue weighted by Gasteiger charge is 2.19. The van der Waals surface area contributed by atoms with Gasteiger partial charge in [-0.1, -0.05) is 72.3 Å². The number of hydrogen-bond donors (Lipinski definition) is 3. The molecule has 5 nitrogen and oxygen atoms in total. The molecule has 0 atom stereocenters. The van der Waals surface area contributed by atoms with Crippen molar-refractivity contribution in [2.45, 2.75) is 6.54 Å². The monoisotopic (exact) mass is 403 g/mol. The van der Waals surface area contributed by atoms with Crippen LogP contribution in [-0.2, 0) is 16.1 Å². The van der Waals surface area contributed by atoms with Crippen LogP contribution in [0, 0.1) is 0 Å². The van der Waals surface area contributed by atoms with Gasteiger partial charge in [-0.3, -0.25) is 9.59 Å². The molecule has 0 saturated carbocycles. The van der Waals surface area contributed by atoms with Crippen LogP contribution in [0.5, 0.6) is 0 Å². The first-order valence-corrected chi connectivity index (χ1v) is 9.49. The summed E-state index contributed by atoms with van der Waals surface area (Å²) in [4.78, 5) is 28.2. The van der Waals surface area contributed by atoms with Crippen molar-refractivity contribution in [2.75, 3.05) is 5.32 Å². The van der Waals surface area contributed by atoms with Crippen molar-refractivity contribution in [3.8, 4) is 11.3 Å². The van der Waals surface area contributed by atoms with Gasteiger partial charge in [0.25, 0.3) is 0 Å². The lowest BCUT2D eigenvalue weighted by molar-refractivity contribution is -0.136. The largest absolute Gasteiger partial charge is 0.353 e. The van der Waals surface area contributed by atoms with Crippen molar-refractivity contribution in [2.24, 2.45) is 0 Å². The number of carbonyl (C=O) groups excluding carboxylic acids is 2. The summed E-state index contributed by atoms with van der Waals surface area (Å²) < 4.78 is 0. The second-order valence-electron chi connectivity index (χ2n) is 6.55. The molecule has 3 aromatic carbocycles. The Morgan fingerprint density at radius 1 is 0.828 bits per heavy atom. The summed E-state index contributed by atoms with van der Waals surface area (Å²) in [6.07, 6.45) is 0. The average Bonchev–Trinajstić information content (AvgIpc) is 3.12. The lowest BCUT2D eigenvalue weighted by atomic mass is 10.1. The zero-order chi connectivity index (χ0) is 20.2. The number of carbonyl (C=O) groups is 2. The number of amides is 2. The highest BCUT2D eigenvalue weighted by Crippen LogP contribution is 2.34. The minimum Gasteiger partial charge on any atom is -0.353 e. The topological polar surface area (TPSA) is 74.0 Å². The fraction of sp³-hybridized carbons (Fsp3) is 0.0435. The molecule has 0 radical (unpaired) electrons. The first kappa shape index (κ1) is 18.8. The molecule has 0 aliphatic heterocycles. The maximum atomic E-state index is 12.6. The van der Waals surface area contributed by atoms with Gasteiger partial charge in [-0.05, 0) is 23.8 Å². The molecule has 0 aliphatic carbocycles. The maximum absolute atomic E-state index is 12.6. The third kappa shape index (κ3) is 4.15. The average molecular weight is 404 g/mol. The summed E-state index contributed by atoms with van der Waals surface area (Å²) in [6, 6.07) is 24.4. The number of rotatable bonds is 4. The van der Waals surface area contributed by atoms with E-state index in [1.807, 2.05) is 54.6 Å². The zero-order valence-electron chi connectivity index (χ0n) is 15.4. The molecule has 29 heavy (non-hydrogen) atoms. The molecule has 0 saturated heterocycles. The fourth-order valence-corrected chi connectivity index (χ4v) is 3.25. The number of nitrogens with one attached hydrogen (secondary N) is 3. The van der Waals surface area contributed by atoms with E-state index < -0.39 is 11.8 Å². The molecule has 144 valence electrons. The molecule has 4 rings (SSSR count). The van der Waals surface area contributed by atoms with E-state index in [0.29, 0.717) is 10.7 Å². The Balaban J connectivity index is 1.55. The Morgan fingerprint density at radius 3 is 2.28 bits per heavy atom. The van der Waals surface area contributed by atoms with Gasteiger partial charge in [0, 0.05) is 28.0 Å². The summed E-state index contributed by atoms with van der Waals surface area (Å²) >= 11 is 5.86. The van der Waals surface area contributed by atoms with Gasteiger partial charge in [0.1, 0.15) is 0 Å². The molecule has 1 heterocycles. The molecule has 0 bridgehead atoms. The van der Waals surface area contributed by atoms with Crippen LogP contribution in [0.2, 0.25) is 5.02 Å². The molecular weight excluding hydrogens is 386 g/mol. The highest BCUT2D eigenvalue weighted by atomic mass is 35.5. The van der Waals surface area contributed by atoms with Gasteiger partial charge in [-0.25, -0.2) is 0 Å². The second kappa shape index (κ2) is 8.20. The smallest absolute Gasteiger partial charge is 0.313 e. The van der Waals surface area contributed by atoms with Crippen molar-refractivity contribution in [3.05, 3.63) is 89.4 Å². The predicted octanol–water partition coefficient (Wildman–Crippen LogP) is 4.74. The van der Waals surface area contributed by atoms with Crippen molar-refractivity contribution < 1.29 is 9.59 Å². The Labute approximate surface area is 172 Å². The van der Waals surface area contributed by atoms with Crippen LogP contribution in [0.3, 0.4) is 0 Å². The van der Waals surface area contributed by atoms with E-state index >= 15 is 0 Å². The van der Waals surface area contributed by atoms with Gasteiger partial charge in [-0.15, -0.1) is 0 Å². The minimum absolute atomic E-state index is 0.239. The Hall–Kier alpha value is -3.57. The summed E-state index contributed by atoms with van der Waals surface area (Å²) in [5.74, 6) is -1.43. The number of para-hydroxylation sites is 1. The van der Waals surface area contributed by atoms with E-state index in [0.717, 1.165) is 27.7 Å². The SMILES string of the molecule is O=C(NCc1ccc(Cl)cc1)C(=O)Nc1c(-c2ccccc2)[nH]c2ccccc12. The van der Waals surface area contributed by atoms with E-state index in [4.69, 9.17) is 11.6 Å². The van der Waals surface area contributed by atoms with E-state index in [-0.39, 0.29) is 6.54 Å². The van der Waals surface area contributed by atoms with E-state index in [9.17, 15) is 9.59 Å². The molecule has 3 N–H and O–H groups in total. The number of aromatic amines is 1. The summed E-state index contributed by atoms with van der Waals surface area (Å²) in [5.41, 5.74) is 3.99. The third-order valence-electron chi connectivity index (χ3n) is 4.58. The Kier molecular flexibility index (Phi) is 5.31. The zero-order valence-corrected chi connectivity index (χ0v) is 16.2. The van der Waals surface area contributed by atoms with Crippen molar-refractivity contribution >= 4 is 40.0 Å². The number of anilines is 1. The Morgan fingerprint density at radius 2 is 1.52 bits per heavy atom. The van der Waals surface area contributed by atoms with E-state index in [2.05, 4.69) is 15.6 Å². The van der Waals surface area contributed by atoms with Crippen LogP contribution in [0.25, 0.3) is 22.2 Å². The molecule has 4 aromatic rings. The minimum atomic E-state index is -0.721. The third-order valence-corrected chi connectivity index (χ3v) is 4.83. The summed E-state index contributed by atoms with van der Waals surface area (Å²) in [7, 11) is 0. The Bertz CT molecular complexity index is 1170.